The third-order valence-corrected chi connectivity index (χ3v) is 3.26. The van der Waals surface area contributed by atoms with Gasteiger partial charge in [-0.15, -0.1) is 0 Å². The van der Waals surface area contributed by atoms with Gasteiger partial charge in [0.15, 0.2) is 0 Å². The first kappa shape index (κ1) is 13.8. The molecule has 19 heavy (non-hydrogen) atoms. The molecule has 5 nitrogen and oxygen atoms in total. The average molecular weight is 282 g/mol. The van der Waals surface area contributed by atoms with E-state index in [9.17, 15) is 9.59 Å². The molecule has 0 aliphatic carbocycles. The summed E-state index contributed by atoms with van der Waals surface area (Å²) in [6.07, 6.45) is 0. The topological polar surface area (TPSA) is 61.4 Å². The van der Waals surface area contributed by atoms with Gasteiger partial charge in [0.05, 0.1) is 17.2 Å². The molecule has 1 aliphatic rings. The molecule has 0 unspecified atom stereocenters. The highest BCUT2D eigenvalue weighted by molar-refractivity contribution is 6.31. The molecule has 1 aromatic rings. The van der Waals surface area contributed by atoms with Gasteiger partial charge in [0.25, 0.3) is 5.91 Å². The lowest BCUT2D eigenvalue weighted by atomic mass is 10.0. The molecule has 0 aromatic heterocycles. The van der Waals surface area contributed by atoms with Crippen molar-refractivity contribution in [1.82, 2.24) is 10.2 Å². The molecule has 2 rings (SSSR count). The van der Waals surface area contributed by atoms with Crippen molar-refractivity contribution in [2.75, 3.05) is 32.5 Å². The van der Waals surface area contributed by atoms with Gasteiger partial charge >= 0.3 is 0 Å². The minimum atomic E-state index is -0.168. The summed E-state index contributed by atoms with van der Waals surface area (Å²) in [5.41, 5.74) is 0.901. The maximum atomic E-state index is 12.0. The Kier molecular flexibility index (Phi) is 4.07. The third kappa shape index (κ3) is 3.05. The number of carbonyl (C=O) groups is 2. The van der Waals surface area contributed by atoms with Gasteiger partial charge in [-0.05, 0) is 18.2 Å². The predicted molar refractivity (Wildman–Crippen MR) is 74.5 cm³/mol. The number of benzene rings is 1. The molecule has 2 amide bonds. The SMILES string of the molecule is CN(C)C(=O)c1ccc(Cl)cc1NC(=O)C1CNC1. The van der Waals surface area contributed by atoms with Crippen LogP contribution >= 0.6 is 11.6 Å². The van der Waals surface area contributed by atoms with E-state index in [0.717, 1.165) is 0 Å². The van der Waals surface area contributed by atoms with Crippen LogP contribution in [0.1, 0.15) is 10.4 Å². The van der Waals surface area contributed by atoms with Crippen LogP contribution in [0.3, 0.4) is 0 Å². The zero-order chi connectivity index (χ0) is 14.0. The van der Waals surface area contributed by atoms with E-state index in [1.54, 1.807) is 32.3 Å². The number of nitrogens with zero attached hydrogens (tertiary/aromatic N) is 1. The van der Waals surface area contributed by atoms with Gasteiger partial charge < -0.3 is 15.5 Å². The molecule has 1 saturated heterocycles. The van der Waals surface area contributed by atoms with E-state index in [2.05, 4.69) is 10.6 Å². The summed E-state index contributed by atoms with van der Waals surface area (Å²) in [5.74, 6) is -0.297. The number of nitrogens with one attached hydrogen (secondary N) is 2. The normalized spacial score (nSPS) is 14.7. The number of carbonyl (C=O) groups excluding carboxylic acids is 2. The Morgan fingerprint density at radius 1 is 1.37 bits per heavy atom. The summed E-state index contributed by atoms with van der Waals surface area (Å²) in [4.78, 5) is 25.4. The van der Waals surface area contributed by atoms with Crippen LogP contribution in [0.4, 0.5) is 5.69 Å². The van der Waals surface area contributed by atoms with E-state index in [0.29, 0.717) is 29.4 Å². The summed E-state index contributed by atoms with van der Waals surface area (Å²) in [5, 5.41) is 6.29. The van der Waals surface area contributed by atoms with Gasteiger partial charge in [-0.3, -0.25) is 9.59 Å². The molecule has 1 aliphatic heterocycles. The average Bonchev–Trinajstić information content (AvgIpc) is 2.25. The number of rotatable bonds is 3. The van der Waals surface area contributed by atoms with Crippen LogP contribution in [0, 0.1) is 5.92 Å². The van der Waals surface area contributed by atoms with Crippen molar-refractivity contribution < 1.29 is 9.59 Å². The molecule has 0 radical (unpaired) electrons. The molecule has 2 N–H and O–H groups in total. The van der Waals surface area contributed by atoms with E-state index in [1.807, 2.05) is 0 Å². The van der Waals surface area contributed by atoms with Crippen molar-refractivity contribution in [1.29, 1.82) is 0 Å². The Balaban J connectivity index is 2.24. The smallest absolute Gasteiger partial charge is 0.255 e. The van der Waals surface area contributed by atoms with Crippen molar-refractivity contribution in [3.63, 3.8) is 0 Å². The number of anilines is 1. The number of amides is 2. The fraction of sp³-hybridized carbons (Fsp3) is 0.385. The summed E-state index contributed by atoms with van der Waals surface area (Å²) < 4.78 is 0. The zero-order valence-electron chi connectivity index (χ0n) is 10.9. The Labute approximate surface area is 116 Å². The first-order chi connectivity index (χ1) is 8.99. The molecule has 0 spiro atoms. The van der Waals surface area contributed by atoms with Crippen LogP contribution in [0.5, 0.6) is 0 Å². The molecule has 1 aromatic carbocycles. The molecular formula is C13H16ClN3O2. The van der Waals surface area contributed by atoms with Gasteiger partial charge in [-0.2, -0.15) is 0 Å². The lowest BCUT2D eigenvalue weighted by Crippen LogP contribution is -2.48. The van der Waals surface area contributed by atoms with Crippen LogP contribution in [-0.2, 0) is 4.79 Å². The van der Waals surface area contributed by atoms with Crippen LogP contribution in [0.2, 0.25) is 5.02 Å². The van der Waals surface area contributed by atoms with E-state index in [-0.39, 0.29) is 17.7 Å². The zero-order valence-corrected chi connectivity index (χ0v) is 11.6. The van der Waals surface area contributed by atoms with Gasteiger partial charge in [-0.1, -0.05) is 11.6 Å². The first-order valence-electron chi connectivity index (χ1n) is 6.02. The maximum Gasteiger partial charge on any atom is 0.255 e. The molecule has 1 fully saturated rings. The summed E-state index contributed by atoms with van der Waals surface area (Å²) in [7, 11) is 3.33. The monoisotopic (exact) mass is 281 g/mol. The van der Waals surface area contributed by atoms with Crippen LogP contribution in [0.15, 0.2) is 18.2 Å². The number of hydrogen-bond donors (Lipinski definition) is 2. The van der Waals surface area contributed by atoms with Crippen LogP contribution < -0.4 is 10.6 Å². The molecule has 0 saturated carbocycles. The molecule has 0 bridgehead atoms. The van der Waals surface area contributed by atoms with Gasteiger partial charge in [-0.25, -0.2) is 0 Å². The van der Waals surface area contributed by atoms with E-state index >= 15 is 0 Å². The molecule has 102 valence electrons. The second kappa shape index (κ2) is 5.59. The Morgan fingerprint density at radius 2 is 2.05 bits per heavy atom. The number of halogens is 1. The second-order valence-corrected chi connectivity index (χ2v) is 5.17. The van der Waals surface area contributed by atoms with Gasteiger partial charge in [0, 0.05) is 32.2 Å². The predicted octanol–water partition coefficient (Wildman–Crippen LogP) is 1.20. The highest BCUT2D eigenvalue weighted by Gasteiger charge is 2.26. The summed E-state index contributed by atoms with van der Waals surface area (Å²) >= 11 is 5.92. The largest absolute Gasteiger partial charge is 0.345 e. The fourth-order valence-corrected chi connectivity index (χ4v) is 1.93. The fourth-order valence-electron chi connectivity index (χ4n) is 1.76. The van der Waals surface area contributed by atoms with Crippen molar-refractivity contribution in [2.24, 2.45) is 5.92 Å². The first-order valence-corrected chi connectivity index (χ1v) is 6.39. The molecule has 1 heterocycles. The lowest BCUT2D eigenvalue weighted by molar-refractivity contribution is -0.121. The van der Waals surface area contributed by atoms with Crippen molar-refractivity contribution in [3.05, 3.63) is 28.8 Å². The maximum absolute atomic E-state index is 12.0. The van der Waals surface area contributed by atoms with Crippen molar-refractivity contribution in [2.45, 2.75) is 0 Å². The number of hydrogen-bond acceptors (Lipinski definition) is 3. The highest BCUT2D eigenvalue weighted by atomic mass is 35.5. The van der Waals surface area contributed by atoms with Gasteiger partial charge in [0.2, 0.25) is 5.91 Å². The van der Waals surface area contributed by atoms with E-state index in [4.69, 9.17) is 11.6 Å². The molecule has 6 heteroatoms. The van der Waals surface area contributed by atoms with E-state index in [1.165, 1.54) is 4.90 Å². The molecule has 0 atom stereocenters. The minimum absolute atomic E-state index is 0.0405. The third-order valence-electron chi connectivity index (χ3n) is 3.03. The Morgan fingerprint density at radius 3 is 2.58 bits per heavy atom. The Hall–Kier alpha value is -1.59. The minimum Gasteiger partial charge on any atom is -0.345 e. The Bertz CT molecular complexity index is 513. The summed E-state index contributed by atoms with van der Waals surface area (Å²) in [6, 6.07) is 4.86. The highest BCUT2D eigenvalue weighted by Crippen LogP contribution is 2.23. The second-order valence-electron chi connectivity index (χ2n) is 4.73. The quantitative estimate of drug-likeness (QED) is 0.875. The van der Waals surface area contributed by atoms with Crippen molar-refractivity contribution in [3.8, 4) is 0 Å². The van der Waals surface area contributed by atoms with E-state index < -0.39 is 0 Å². The lowest BCUT2D eigenvalue weighted by Gasteiger charge is -2.26. The van der Waals surface area contributed by atoms with Crippen LogP contribution in [-0.4, -0.2) is 43.9 Å². The van der Waals surface area contributed by atoms with Crippen LogP contribution in [0.25, 0.3) is 0 Å². The van der Waals surface area contributed by atoms with Gasteiger partial charge in [0.1, 0.15) is 0 Å². The summed E-state index contributed by atoms with van der Waals surface area (Å²) in [6.45, 7) is 1.34. The van der Waals surface area contributed by atoms with Crippen molar-refractivity contribution >= 4 is 29.1 Å². The molecular weight excluding hydrogens is 266 g/mol. The standard InChI is InChI=1S/C13H16ClN3O2/c1-17(2)13(19)10-4-3-9(14)5-11(10)16-12(18)8-6-15-7-8/h3-5,8,15H,6-7H2,1-2H3,(H,16,18).